The number of rotatable bonds is 2. The zero-order valence-electron chi connectivity index (χ0n) is 8.97. The minimum absolute atomic E-state index is 0.654. The van der Waals surface area contributed by atoms with Gasteiger partial charge in [-0.15, -0.1) is 0 Å². The first-order chi connectivity index (χ1) is 8.06. The van der Waals surface area contributed by atoms with E-state index in [0.29, 0.717) is 5.02 Å². The molecule has 17 heavy (non-hydrogen) atoms. The van der Waals surface area contributed by atoms with Gasteiger partial charge in [0.2, 0.25) is 0 Å². The van der Waals surface area contributed by atoms with Gasteiger partial charge in [0.05, 0.1) is 16.4 Å². The number of aryl methyl sites for hydroxylation is 1. The summed E-state index contributed by atoms with van der Waals surface area (Å²) in [5.41, 5.74) is 1.77. The first-order valence-electron chi connectivity index (χ1n) is 4.91. The summed E-state index contributed by atoms with van der Waals surface area (Å²) in [4.78, 5) is 4.40. The summed E-state index contributed by atoms with van der Waals surface area (Å²) in [5.74, 6) is 0.773. The van der Waals surface area contributed by atoms with E-state index in [4.69, 9.17) is 11.6 Å². The molecule has 5 heteroatoms. The van der Waals surface area contributed by atoms with Crippen molar-refractivity contribution in [3.63, 3.8) is 0 Å². The van der Waals surface area contributed by atoms with Crippen molar-refractivity contribution in [2.45, 2.75) is 6.92 Å². The molecule has 0 aliphatic carbocycles. The van der Waals surface area contributed by atoms with Gasteiger partial charge in [0.25, 0.3) is 0 Å². The Morgan fingerprint density at radius 1 is 1.18 bits per heavy atom. The second-order valence-corrected chi connectivity index (χ2v) is 5.69. The Morgan fingerprint density at radius 2 is 1.94 bits per heavy atom. The predicted molar refractivity (Wildman–Crippen MR) is 79.1 cm³/mol. The lowest BCUT2D eigenvalue weighted by Crippen LogP contribution is -1.95. The average molecular weight is 376 g/mol. The summed E-state index contributed by atoms with van der Waals surface area (Å²) in [7, 11) is 0. The lowest BCUT2D eigenvalue weighted by atomic mass is 10.3. The third-order valence-corrected chi connectivity index (χ3v) is 3.86. The molecule has 0 aliphatic heterocycles. The van der Waals surface area contributed by atoms with Crippen LogP contribution in [-0.2, 0) is 0 Å². The van der Waals surface area contributed by atoms with Crippen LogP contribution in [0.1, 0.15) is 5.69 Å². The highest BCUT2D eigenvalue weighted by Crippen LogP contribution is 2.28. The largest absolute Gasteiger partial charge is 0.339 e. The molecule has 2 nitrogen and oxygen atoms in total. The second kappa shape index (κ2) is 5.38. The fourth-order valence-electron chi connectivity index (χ4n) is 1.34. The Balaban J connectivity index is 2.28. The second-order valence-electron chi connectivity index (χ2n) is 3.51. The SMILES string of the molecule is Cc1nc(Nc2ccc(Br)cc2Cl)ccc1Br. The molecule has 0 radical (unpaired) electrons. The molecule has 2 rings (SSSR count). The molecule has 0 aliphatic rings. The van der Waals surface area contributed by atoms with Crippen LogP contribution in [0.15, 0.2) is 39.3 Å². The highest BCUT2D eigenvalue weighted by molar-refractivity contribution is 9.10. The number of nitrogens with zero attached hydrogens (tertiary/aromatic N) is 1. The first kappa shape index (κ1) is 12.9. The Bertz CT molecular complexity index is 558. The lowest BCUT2D eigenvalue weighted by Gasteiger charge is -2.09. The molecule has 1 aromatic carbocycles. The van der Waals surface area contributed by atoms with E-state index < -0.39 is 0 Å². The van der Waals surface area contributed by atoms with Gasteiger partial charge >= 0.3 is 0 Å². The highest BCUT2D eigenvalue weighted by Gasteiger charge is 2.03. The minimum atomic E-state index is 0.654. The molecular weight excluding hydrogens is 367 g/mol. The van der Waals surface area contributed by atoms with Crippen LogP contribution >= 0.6 is 43.5 Å². The molecule has 88 valence electrons. The van der Waals surface area contributed by atoms with Crippen molar-refractivity contribution >= 4 is 55.0 Å². The maximum absolute atomic E-state index is 6.12. The fraction of sp³-hybridized carbons (Fsp3) is 0.0833. The van der Waals surface area contributed by atoms with Crippen molar-refractivity contribution in [1.82, 2.24) is 4.98 Å². The molecule has 0 unspecified atom stereocenters. The van der Waals surface area contributed by atoms with Gasteiger partial charge in [0, 0.05) is 8.95 Å². The topological polar surface area (TPSA) is 24.9 Å². The van der Waals surface area contributed by atoms with Crippen molar-refractivity contribution in [3.8, 4) is 0 Å². The van der Waals surface area contributed by atoms with Crippen LogP contribution in [0.2, 0.25) is 5.02 Å². The Hall–Kier alpha value is -0.580. The standard InChI is InChI=1S/C12H9Br2ClN2/c1-7-9(14)3-5-12(16-7)17-11-4-2-8(13)6-10(11)15/h2-6H,1H3,(H,16,17). The Morgan fingerprint density at radius 3 is 2.59 bits per heavy atom. The molecule has 1 N–H and O–H groups in total. The van der Waals surface area contributed by atoms with Crippen molar-refractivity contribution in [3.05, 3.63) is 50.0 Å². The molecule has 2 aromatic rings. The number of aromatic nitrogens is 1. The molecule has 1 aromatic heterocycles. The summed E-state index contributed by atoms with van der Waals surface area (Å²) in [5, 5.41) is 3.84. The van der Waals surface area contributed by atoms with Gasteiger partial charge in [0.15, 0.2) is 0 Å². The average Bonchev–Trinajstić information content (AvgIpc) is 2.27. The van der Waals surface area contributed by atoms with E-state index in [2.05, 4.69) is 42.2 Å². The third kappa shape index (κ3) is 3.21. The van der Waals surface area contributed by atoms with Crippen LogP contribution in [0.5, 0.6) is 0 Å². The van der Waals surface area contributed by atoms with Crippen LogP contribution in [0.3, 0.4) is 0 Å². The zero-order chi connectivity index (χ0) is 12.4. The van der Waals surface area contributed by atoms with Gasteiger partial charge in [-0.3, -0.25) is 0 Å². The van der Waals surface area contributed by atoms with E-state index in [0.717, 1.165) is 26.1 Å². The molecule has 0 spiro atoms. The maximum atomic E-state index is 6.12. The summed E-state index contributed by atoms with van der Waals surface area (Å²) in [6.07, 6.45) is 0. The fourth-order valence-corrected chi connectivity index (χ4v) is 2.28. The number of hydrogen-bond donors (Lipinski definition) is 1. The molecule has 0 fully saturated rings. The number of hydrogen-bond acceptors (Lipinski definition) is 2. The smallest absolute Gasteiger partial charge is 0.130 e. The number of anilines is 2. The maximum Gasteiger partial charge on any atom is 0.130 e. The van der Waals surface area contributed by atoms with Crippen molar-refractivity contribution in [1.29, 1.82) is 0 Å². The summed E-state index contributed by atoms with van der Waals surface area (Å²) < 4.78 is 1.94. The summed E-state index contributed by atoms with van der Waals surface area (Å²) in [6.45, 7) is 1.94. The van der Waals surface area contributed by atoms with Gasteiger partial charge in [0.1, 0.15) is 5.82 Å². The van der Waals surface area contributed by atoms with Gasteiger partial charge in [-0.2, -0.15) is 0 Å². The van der Waals surface area contributed by atoms with Gasteiger partial charge < -0.3 is 5.32 Å². The first-order valence-corrected chi connectivity index (χ1v) is 6.88. The normalized spacial score (nSPS) is 10.4. The number of halogens is 3. The van der Waals surface area contributed by atoms with Crippen LogP contribution in [0.4, 0.5) is 11.5 Å². The van der Waals surface area contributed by atoms with Crippen molar-refractivity contribution in [2.75, 3.05) is 5.32 Å². The number of benzene rings is 1. The quantitative estimate of drug-likeness (QED) is 0.768. The van der Waals surface area contributed by atoms with Gasteiger partial charge in [-0.25, -0.2) is 4.98 Å². The van der Waals surface area contributed by atoms with Crippen LogP contribution in [-0.4, -0.2) is 4.98 Å². The number of pyridine rings is 1. The number of nitrogens with one attached hydrogen (secondary N) is 1. The van der Waals surface area contributed by atoms with E-state index in [1.54, 1.807) is 0 Å². The predicted octanol–water partition coefficient (Wildman–Crippen LogP) is 5.31. The van der Waals surface area contributed by atoms with E-state index in [9.17, 15) is 0 Å². The molecule has 1 heterocycles. The molecule has 0 amide bonds. The van der Waals surface area contributed by atoms with Crippen molar-refractivity contribution in [2.24, 2.45) is 0 Å². The van der Waals surface area contributed by atoms with Crippen molar-refractivity contribution < 1.29 is 0 Å². The molecule has 0 saturated carbocycles. The van der Waals surface area contributed by atoms with Crippen LogP contribution < -0.4 is 5.32 Å². The van der Waals surface area contributed by atoms with Gasteiger partial charge in [-0.05, 0) is 53.2 Å². The Kier molecular flexibility index (Phi) is 4.07. The van der Waals surface area contributed by atoms with E-state index >= 15 is 0 Å². The minimum Gasteiger partial charge on any atom is -0.339 e. The molecule has 0 bridgehead atoms. The van der Waals surface area contributed by atoms with E-state index in [1.807, 2.05) is 37.3 Å². The van der Waals surface area contributed by atoms with E-state index in [-0.39, 0.29) is 0 Å². The Labute approximate surface area is 122 Å². The third-order valence-electron chi connectivity index (χ3n) is 2.22. The van der Waals surface area contributed by atoms with Gasteiger partial charge in [-0.1, -0.05) is 27.5 Å². The molecule has 0 saturated heterocycles. The molecular formula is C12H9Br2ClN2. The highest BCUT2D eigenvalue weighted by atomic mass is 79.9. The lowest BCUT2D eigenvalue weighted by molar-refractivity contribution is 1.18. The zero-order valence-corrected chi connectivity index (χ0v) is 12.9. The monoisotopic (exact) mass is 374 g/mol. The summed E-state index contributed by atoms with van der Waals surface area (Å²) in [6, 6.07) is 9.54. The van der Waals surface area contributed by atoms with Crippen LogP contribution in [0, 0.1) is 6.92 Å². The summed E-state index contributed by atoms with van der Waals surface area (Å²) >= 11 is 12.9. The van der Waals surface area contributed by atoms with E-state index in [1.165, 1.54) is 0 Å². The molecule has 0 atom stereocenters. The van der Waals surface area contributed by atoms with Crippen LogP contribution in [0.25, 0.3) is 0 Å².